The van der Waals surface area contributed by atoms with E-state index in [4.69, 9.17) is 33.4 Å². The van der Waals surface area contributed by atoms with E-state index in [2.05, 4.69) is 4.98 Å². The Bertz CT molecular complexity index is 974. The van der Waals surface area contributed by atoms with Gasteiger partial charge in [-0.2, -0.15) is 0 Å². The normalized spacial score (nSPS) is 12.1. The Morgan fingerprint density at radius 3 is 2.73 bits per heavy atom. The maximum Gasteiger partial charge on any atom is 0.310 e. The number of rotatable bonds is 5. The van der Waals surface area contributed by atoms with Crippen molar-refractivity contribution in [3.63, 3.8) is 0 Å². The Labute approximate surface area is 158 Å². The number of benzene rings is 2. The van der Waals surface area contributed by atoms with Crippen molar-refractivity contribution in [1.82, 2.24) is 4.98 Å². The molecule has 0 bridgehead atoms. The number of hydrogen-bond acceptors (Lipinski definition) is 6. The highest BCUT2D eigenvalue weighted by Gasteiger charge is 2.19. The quantitative estimate of drug-likeness (QED) is 0.486. The zero-order valence-corrected chi connectivity index (χ0v) is 14.7. The lowest BCUT2D eigenvalue weighted by molar-refractivity contribution is -0.385. The van der Waals surface area contributed by atoms with Crippen LogP contribution < -0.4 is 5.73 Å². The molecular formula is C17H13Cl2N3O4. The Kier molecular flexibility index (Phi) is 5.13. The average molecular weight is 394 g/mol. The largest absolute Gasteiger partial charge is 0.502 e. The third-order valence-electron chi connectivity index (χ3n) is 3.74. The third kappa shape index (κ3) is 3.80. The predicted molar refractivity (Wildman–Crippen MR) is 97.4 cm³/mol. The molecule has 0 saturated carbocycles. The molecule has 0 aliphatic rings. The maximum absolute atomic E-state index is 10.9. The number of phenolic OH excluding ortho intramolecular Hbond substituents is 1. The Balaban J connectivity index is 1.81. The summed E-state index contributed by atoms with van der Waals surface area (Å²) in [5.41, 5.74) is 7.46. The number of hydrogen-bond donors (Lipinski definition) is 2. The molecule has 3 N–H and O–H groups in total. The van der Waals surface area contributed by atoms with Crippen molar-refractivity contribution < 1.29 is 14.4 Å². The van der Waals surface area contributed by atoms with Gasteiger partial charge in [-0.3, -0.25) is 10.1 Å². The van der Waals surface area contributed by atoms with Crippen LogP contribution in [0.4, 0.5) is 5.69 Å². The van der Waals surface area contributed by atoms with E-state index >= 15 is 0 Å². The van der Waals surface area contributed by atoms with Gasteiger partial charge in [0, 0.05) is 16.7 Å². The molecule has 1 aromatic heterocycles. The van der Waals surface area contributed by atoms with E-state index in [9.17, 15) is 15.2 Å². The minimum absolute atomic E-state index is 0.245. The molecule has 0 spiro atoms. The first-order chi connectivity index (χ1) is 12.3. The molecule has 0 amide bonds. The second-order valence-electron chi connectivity index (χ2n) is 5.59. The molecule has 0 saturated heterocycles. The molecule has 26 heavy (non-hydrogen) atoms. The van der Waals surface area contributed by atoms with Gasteiger partial charge in [0.1, 0.15) is 12.0 Å². The van der Waals surface area contributed by atoms with E-state index < -0.39 is 16.7 Å². The number of aromatic hydroxyl groups is 1. The van der Waals surface area contributed by atoms with Crippen molar-refractivity contribution >= 4 is 28.9 Å². The van der Waals surface area contributed by atoms with Crippen molar-refractivity contribution in [2.45, 2.75) is 12.5 Å². The first kappa shape index (κ1) is 18.2. The topological polar surface area (TPSA) is 115 Å². The second kappa shape index (κ2) is 7.33. The molecule has 1 atom stereocenters. The molecule has 3 aromatic rings. The van der Waals surface area contributed by atoms with Gasteiger partial charge in [-0.15, -0.1) is 0 Å². The van der Waals surface area contributed by atoms with Gasteiger partial charge in [-0.1, -0.05) is 29.3 Å². The van der Waals surface area contributed by atoms with Crippen molar-refractivity contribution in [2.75, 3.05) is 0 Å². The lowest BCUT2D eigenvalue weighted by atomic mass is 10.1. The zero-order chi connectivity index (χ0) is 18.8. The van der Waals surface area contributed by atoms with Crippen LogP contribution in [0, 0.1) is 10.1 Å². The molecule has 0 fully saturated rings. The van der Waals surface area contributed by atoms with Crippen LogP contribution in [-0.4, -0.2) is 15.0 Å². The summed E-state index contributed by atoms with van der Waals surface area (Å²) >= 11 is 12.0. The summed E-state index contributed by atoms with van der Waals surface area (Å²) in [7, 11) is 0. The SMILES string of the molecule is N[C@@H](Cc1ccc(O)c([N+](=O)[O-])c1)c1nc(-c2ccc(Cl)cc2Cl)co1. The highest BCUT2D eigenvalue weighted by Crippen LogP contribution is 2.31. The van der Waals surface area contributed by atoms with E-state index in [0.29, 0.717) is 26.9 Å². The fourth-order valence-corrected chi connectivity index (χ4v) is 2.97. The number of aromatic nitrogens is 1. The first-order valence-electron chi connectivity index (χ1n) is 7.48. The van der Waals surface area contributed by atoms with Gasteiger partial charge in [0.05, 0.1) is 16.0 Å². The van der Waals surface area contributed by atoms with Gasteiger partial charge in [0.2, 0.25) is 5.89 Å². The summed E-state index contributed by atoms with van der Waals surface area (Å²) in [6.07, 6.45) is 1.68. The highest BCUT2D eigenvalue weighted by atomic mass is 35.5. The summed E-state index contributed by atoms with van der Waals surface area (Å²) in [5.74, 6) is -0.134. The molecule has 134 valence electrons. The first-order valence-corrected chi connectivity index (χ1v) is 8.23. The van der Waals surface area contributed by atoms with E-state index in [0.717, 1.165) is 0 Å². The van der Waals surface area contributed by atoms with E-state index in [1.165, 1.54) is 18.4 Å². The van der Waals surface area contributed by atoms with Crippen molar-refractivity contribution in [2.24, 2.45) is 5.73 Å². The predicted octanol–water partition coefficient (Wildman–Crippen LogP) is 4.50. The second-order valence-corrected chi connectivity index (χ2v) is 6.43. The molecule has 0 radical (unpaired) electrons. The van der Waals surface area contributed by atoms with Crippen LogP contribution in [0.25, 0.3) is 11.3 Å². The molecule has 1 heterocycles. The fraction of sp³-hybridized carbons (Fsp3) is 0.118. The average Bonchev–Trinajstić information content (AvgIpc) is 3.06. The highest BCUT2D eigenvalue weighted by molar-refractivity contribution is 6.36. The number of nitrogens with two attached hydrogens (primary N) is 1. The monoisotopic (exact) mass is 393 g/mol. The van der Waals surface area contributed by atoms with E-state index in [1.54, 1.807) is 24.3 Å². The minimum Gasteiger partial charge on any atom is -0.502 e. The number of phenols is 1. The summed E-state index contributed by atoms with van der Waals surface area (Å²) in [6.45, 7) is 0. The van der Waals surface area contributed by atoms with Crippen LogP contribution in [0.3, 0.4) is 0 Å². The molecule has 0 aliphatic heterocycles. The molecule has 2 aromatic carbocycles. The van der Waals surface area contributed by atoms with Crippen LogP contribution in [-0.2, 0) is 6.42 Å². The number of nitrogens with zero attached hydrogens (tertiary/aromatic N) is 2. The van der Waals surface area contributed by atoms with Crippen LogP contribution in [0.2, 0.25) is 10.0 Å². The summed E-state index contributed by atoms with van der Waals surface area (Å²) in [5, 5.41) is 21.4. The number of halogens is 2. The minimum atomic E-state index is -0.657. The number of nitro groups is 1. The van der Waals surface area contributed by atoms with E-state index in [1.807, 2.05) is 0 Å². The van der Waals surface area contributed by atoms with Crippen LogP contribution >= 0.6 is 23.2 Å². The van der Waals surface area contributed by atoms with Gasteiger partial charge in [-0.25, -0.2) is 4.98 Å². The standard InChI is InChI=1S/C17H13Cl2N3O4/c18-10-2-3-11(12(19)7-10)14-8-26-17(21-14)13(20)5-9-1-4-16(23)15(6-9)22(24)25/h1-4,6-8,13,23H,5,20H2/t13-/m0/s1. The number of oxazole rings is 1. The van der Waals surface area contributed by atoms with Crippen molar-refractivity contribution in [1.29, 1.82) is 0 Å². The third-order valence-corrected chi connectivity index (χ3v) is 4.29. The molecule has 0 unspecified atom stereocenters. The van der Waals surface area contributed by atoms with Crippen LogP contribution in [0.15, 0.2) is 47.1 Å². The van der Waals surface area contributed by atoms with Gasteiger partial charge in [-0.05, 0) is 36.2 Å². The molecule has 7 nitrogen and oxygen atoms in total. The van der Waals surface area contributed by atoms with Gasteiger partial charge in [0.15, 0.2) is 5.75 Å². The van der Waals surface area contributed by atoms with Crippen molar-refractivity contribution in [3.05, 3.63) is 74.3 Å². The van der Waals surface area contributed by atoms with Gasteiger partial charge < -0.3 is 15.3 Å². The molecule has 3 rings (SSSR count). The zero-order valence-electron chi connectivity index (χ0n) is 13.2. The van der Waals surface area contributed by atoms with Crippen molar-refractivity contribution in [3.8, 4) is 17.0 Å². The van der Waals surface area contributed by atoms with E-state index in [-0.39, 0.29) is 18.0 Å². The lowest BCUT2D eigenvalue weighted by Gasteiger charge is -2.08. The molecule has 9 heteroatoms. The molecule has 0 aliphatic carbocycles. The van der Waals surface area contributed by atoms with Gasteiger partial charge >= 0.3 is 5.69 Å². The lowest BCUT2D eigenvalue weighted by Crippen LogP contribution is -2.13. The molecular weight excluding hydrogens is 381 g/mol. The Morgan fingerprint density at radius 2 is 2.04 bits per heavy atom. The Morgan fingerprint density at radius 1 is 1.27 bits per heavy atom. The van der Waals surface area contributed by atoms with Gasteiger partial charge in [0.25, 0.3) is 0 Å². The van der Waals surface area contributed by atoms with Crippen LogP contribution in [0.1, 0.15) is 17.5 Å². The van der Waals surface area contributed by atoms with Crippen LogP contribution in [0.5, 0.6) is 5.75 Å². The summed E-state index contributed by atoms with van der Waals surface area (Å²) in [6, 6.07) is 8.47. The fourth-order valence-electron chi connectivity index (χ4n) is 2.46. The maximum atomic E-state index is 10.9. The summed E-state index contributed by atoms with van der Waals surface area (Å²) < 4.78 is 5.43. The smallest absolute Gasteiger partial charge is 0.310 e. The Hall–Kier alpha value is -2.61. The number of nitro benzene ring substituents is 1. The summed E-state index contributed by atoms with van der Waals surface area (Å²) in [4.78, 5) is 14.6.